The lowest BCUT2D eigenvalue weighted by atomic mass is 10.1. The molecule has 4 heteroatoms. The molecular weight excluding hydrogens is 298 g/mol. The molecule has 0 bridgehead atoms. The highest BCUT2D eigenvalue weighted by molar-refractivity contribution is 6.30. The van der Waals surface area contributed by atoms with Crippen LogP contribution < -0.4 is 9.64 Å². The first-order valence-electron chi connectivity index (χ1n) is 7.35. The van der Waals surface area contributed by atoms with E-state index in [4.69, 9.17) is 16.3 Å². The highest BCUT2D eigenvalue weighted by Gasteiger charge is 2.18. The first-order chi connectivity index (χ1) is 10.6. The van der Waals surface area contributed by atoms with E-state index < -0.39 is 0 Å². The molecular formula is C18H20ClNO2. The number of rotatable bonds is 5. The van der Waals surface area contributed by atoms with Gasteiger partial charge in [-0.25, -0.2) is 0 Å². The van der Waals surface area contributed by atoms with Crippen LogP contribution in [0.3, 0.4) is 0 Å². The summed E-state index contributed by atoms with van der Waals surface area (Å²) in [5, 5.41) is 0.623. The minimum absolute atomic E-state index is 0.0287. The third-order valence-corrected chi connectivity index (χ3v) is 3.86. The third-order valence-electron chi connectivity index (χ3n) is 3.61. The monoisotopic (exact) mass is 317 g/mol. The number of carbonyl (C=O) groups excluding carboxylic acids is 1. The Morgan fingerprint density at radius 2 is 1.82 bits per heavy atom. The van der Waals surface area contributed by atoms with Gasteiger partial charge < -0.3 is 9.64 Å². The van der Waals surface area contributed by atoms with Crippen LogP contribution in [-0.2, 0) is 6.42 Å². The fourth-order valence-electron chi connectivity index (χ4n) is 2.41. The van der Waals surface area contributed by atoms with Crippen LogP contribution in [-0.4, -0.2) is 19.6 Å². The zero-order chi connectivity index (χ0) is 16.1. The first kappa shape index (κ1) is 16.4. The molecule has 1 amide bonds. The topological polar surface area (TPSA) is 29.5 Å². The highest BCUT2D eigenvalue weighted by Crippen LogP contribution is 2.27. The summed E-state index contributed by atoms with van der Waals surface area (Å²) in [5.41, 5.74) is 2.64. The molecule has 0 aromatic heterocycles. The fourth-order valence-corrected chi connectivity index (χ4v) is 2.53. The van der Waals surface area contributed by atoms with Gasteiger partial charge in [-0.3, -0.25) is 4.79 Å². The standard InChI is InChI=1S/C18H20ClNO2/c1-4-13-12-16(22-3)10-11-17(13)20(5-2)18(21)14-6-8-15(19)9-7-14/h6-12H,4-5H2,1-3H3. The van der Waals surface area contributed by atoms with Crippen molar-refractivity contribution in [3.8, 4) is 5.75 Å². The van der Waals surface area contributed by atoms with Crippen molar-refractivity contribution in [2.24, 2.45) is 0 Å². The second-order valence-corrected chi connectivity index (χ2v) is 5.34. The Balaban J connectivity index is 2.39. The SMILES string of the molecule is CCc1cc(OC)ccc1N(CC)C(=O)c1ccc(Cl)cc1. The van der Waals surface area contributed by atoms with Gasteiger partial charge in [0.05, 0.1) is 7.11 Å². The Kier molecular flexibility index (Phi) is 5.45. The van der Waals surface area contributed by atoms with Gasteiger partial charge in [-0.05, 0) is 61.4 Å². The molecule has 0 heterocycles. The number of aryl methyl sites for hydroxylation is 1. The summed E-state index contributed by atoms with van der Waals surface area (Å²) in [7, 11) is 1.64. The van der Waals surface area contributed by atoms with Gasteiger partial charge in [0, 0.05) is 22.8 Å². The number of hydrogen-bond acceptors (Lipinski definition) is 2. The normalized spacial score (nSPS) is 10.4. The molecule has 0 unspecified atom stereocenters. The van der Waals surface area contributed by atoms with Crippen molar-refractivity contribution in [1.29, 1.82) is 0 Å². The molecule has 0 aliphatic heterocycles. The van der Waals surface area contributed by atoms with Crippen LogP contribution in [0.15, 0.2) is 42.5 Å². The predicted molar refractivity (Wildman–Crippen MR) is 91.2 cm³/mol. The number of hydrogen-bond donors (Lipinski definition) is 0. The number of benzene rings is 2. The molecule has 22 heavy (non-hydrogen) atoms. The van der Waals surface area contributed by atoms with Crippen molar-refractivity contribution >= 4 is 23.2 Å². The number of carbonyl (C=O) groups is 1. The van der Waals surface area contributed by atoms with E-state index in [0.29, 0.717) is 17.1 Å². The van der Waals surface area contributed by atoms with Gasteiger partial charge in [0.1, 0.15) is 5.75 Å². The Morgan fingerprint density at radius 1 is 1.14 bits per heavy atom. The molecule has 0 radical (unpaired) electrons. The minimum atomic E-state index is -0.0287. The van der Waals surface area contributed by atoms with Crippen LogP contribution >= 0.6 is 11.6 Å². The number of nitrogens with zero attached hydrogens (tertiary/aromatic N) is 1. The molecule has 0 N–H and O–H groups in total. The van der Waals surface area contributed by atoms with E-state index in [0.717, 1.165) is 23.4 Å². The van der Waals surface area contributed by atoms with Crippen LogP contribution in [0.25, 0.3) is 0 Å². The molecule has 116 valence electrons. The molecule has 0 fully saturated rings. The fraction of sp³-hybridized carbons (Fsp3) is 0.278. The lowest BCUT2D eigenvalue weighted by Gasteiger charge is -2.24. The Morgan fingerprint density at radius 3 is 2.36 bits per heavy atom. The second kappa shape index (κ2) is 7.32. The van der Waals surface area contributed by atoms with Crippen molar-refractivity contribution in [3.05, 3.63) is 58.6 Å². The maximum atomic E-state index is 12.8. The van der Waals surface area contributed by atoms with Gasteiger partial charge >= 0.3 is 0 Å². The third kappa shape index (κ3) is 3.42. The van der Waals surface area contributed by atoms with Gasteiger partial charge in [0.15, 0.2) is 0 Å². The molecule has 0 spiro atoms. The summed E-state index contributed by atoms with van der Waals surface area (Å²) < 4.78 is 5.27. The first-order valence-corrected chi connectivity index (χ1v) is 7.72. The molecule has 2 rings (SSSR count). The zero-order valence-electron chi connectivity index (χ0n) is 13.1. The predicted octanol–water partition coefficient (Wildman–Crippen LogP) is 4.58. The highest BCUT2D eigenvalue weighted by atomic mass is 35.5. The van der Waals surface area contributed by atoms with E-state index in [1.165, 1.54) is 0 Å². The lowest BCUT2D eigenvalue weighted by Crippen LogP contribution is -2.31. The Bertz CT molecular complexity index is 653. The van der Waals surface area contributed by atoms with E-state index in [2.05, 4.69) is 6.92 Å². The van der Waals surface area contributed by atoms with E-state index in [1.807, 2.05) is 25.1 Å². The van der Waals surface area contributed by atoms with E-state index in [9.17, 15) is 4.79 Å². The second-order valence-electron chi connectivity index (χ2n) is 4.90. The van der Waals surface area contributed by atoms with E-state index >= 15 is 0 Å². The summed E-state index contributed by atoms with van der Waals surface area (Å²) in [4.78, 5) is 14.5. The largest absolute Gasteiger partial charge is 0.497 e. The quantitative estimate of drug-likeness (QED) is 0.808. The zero-order valence-corrected chi connectivity index (χ0v) is 13.9. The van der Waals surface area contributed by atoms with Gasteiger partial charge in [-0.2, -0.15) is 0 Å². The van der Waals surface area contributed by atoms with Crippen LogP contribution in [0.1, 0.15) is 29.8 Å². The molecule has 2 aromatic carbocycles. The van der Waals surface area contributed by atoms with Gasteiger partial charge in [0.2, 0.25) is 0 Å². The van der Waals surface area contributed by atoms with Crippen molar-refractivity contribution < 1.29 is 9.53 Å². The van der Waals surface area contributed by atoms with Gasteiger partial charge in [-0.1, -0.05) is 18.5 Å². The number of methoxy groups -OCH3 is 1. The van der Waals surface area contributed by atoms with Crippen LogP contribution in [0.2, 0.25) is 5.02 Å². The summed E-state index contributed by atoms with van der Waals surface area (Å²) in [6, 6.07) is 12.8. The number of amides is 1. The molecule has 0 aliphatic rings. The van der Waals surface area contributed by atoms with Gasteiger partial charge in [-0.15, -0.1) is 0 Å². The minimum Gasteiger partial charge on any atom is -0.497 e. The summed E-state index contributed by atoms with van der Waals surface area (Å²) in [6.07, 6.45) is 0.830. The lowest BCUT2D eigenvalue weighted by molar-refractivity contribution is 0.0988. The summed E-state index contributed by atoms with van der Waals surface area (Å²) in [6.45, 7) is 4.64. The smallest absolute Gasteiger partial charge is 0.258 e. The number of ether oxygens (including phenoxy) is 1. The van der Waals surface area contributed by atoms with E-state index in [-0.39, 0.29) is 5.91 Å². The summed E-state index contributed by atoms with van der Waals surface area (Å²) >= 11 is 5.89. The van der Waals surface area contributed by atoms with Crippen LogP contribution in [0.5, 0.6) is 5.75 Å². The average molecular weight is 318 g/mol. The molecule has 3 nitrogen and oxygen atoms in total. The summed E-state index contributed by atoms with van der Waals surface area (Å²) in [5.74, 6) is 0.773. The molecule has 0 saturated carbocycles. The number of halogens is 1. The van der Waals surface area contributed by atoms with Crippen molar-refractivity contribution in [1.82, 2.24) is 0 Å². The van der Waals surface area contributed by atoms with Crippen molar-refractivity contribution in [2.75, 3.05) is 18.6 Å². The average Bonchev–Trinajstić information content (AvgIpc) is 2.56. The van der Waals surface area contributed by atoms with Crippen molar-refractivity contribution in [3.63, 3.8) is 0 Å². The maximum Gasteiger partial charge on any atom is 0.258 e. The maximum absolute atomic E-state index is 12.8. The number of anilines is 1. The van der Waals surface area contributed by atoms with E-state index in [1.54, 1.807) is 36.3 Å². The molecule has 0 aliphatic carbocycles. The van der Waals surface area contributed by atoms with Crippen LogP contribution in [0.4, 0.5) is 5.69 Å². The Hall–Kier alpha value is -2.00. The molecule has 0 saturated heterocycles. The Labute approximate surface area is 136 Å². The van der Waals surface area contributed by atoms with Crippen molar-refractivity contribution in [2.45, 2.75) is 20.3 Å². The molecule has 2 aromatic rings. The van der Waals surface area contributed by atoms with Crippen LogP contribution in [0, 0.1) is 0 Å². The van der Waals surface area contributed by atoms with Gasteiger partial charge in [0.25, 0.3) is 5.91 Å². The molecule has 0 atom stereocenters.